The molecule has 0 saturated heterocycles. The third-order valence-electron chi connectivity index (χ3n) is 5.11. The minimum atomic E-state index is 0.528. The lowest BCUT2D eigenvalue weighted by molar-refractivity contribution is 0.0518. The minimum Gasteiger partial charge on any atom is -0.0876 e. The van der Waals surface area contributed by atoms with Crippen LogP contribution in [-0.2, 0) is 0 Å². The van der Waals surface area contributed by atoms with Gasteiger partial charge in [-0.3, -0.25) is 0 Å². The van der Waals surface area contributed by atoms with Crippen LogP contribution in [0.4, 0.5) is 0 Å². The molecule has 0 unspecified atom stereocenters. The molecule has 0 amide bonds. The van der Waals surface area contributed by atoms with Crippen LogP contribution in [0.25, 0.3) is 0 Å². The molecule has 0 spiro atoms. The van der Waals surface area contributed by atoms with Crippen LogP contribution in [0.1, 0.15) is 39.5 Å². The minimum absolute atomic E-state index is 0.528. The molecule has 0 heterocycles. The maximum atomic E-state index is 2.40. The van der Waals surface area contributed by atoms with Gasteiger partial charge in [0.25, 0.3) is 0 Å². The van der Waals surface area contributed by atoms with Gasteiger partial charge < -0.3 is 0 Å². The molecule has 3 aliphatic carbocycles. The number of rotatable bonds is 0. The van der Waals surface area contributed by atoms with Gasteiger partial charge in [0.2, 0.25) is 0 Å². The molecule has 0 fully saturated rings. The van der Waals surface area contributed by atoms with Crippen molar-refractivity contribution in [3.05, 3.63) is 35.5 Å². The van der Waals surface area contributed by atoms with E-state index in [4.69, 9.17) is 0 Å². The Bertz CT molecular complexity index is 313. The van der Waals surface area contributed by atoms with Gasteiger partial charge in [0, 0.05) is 10.8 Å². The molecule has 0 aromatic heterocycles. The Labute approximate surface area is 86.4 Å². The van der Waals surface area contributed by atoms with Crippen molar-refractivity contribution in [1.29, 1.82) is 0 Å². The molecule has 3 rings (SSSR count). The smallest absolute Gasteiger partial charge is 0.00802 e. The van der Waals surface area contributed by atoms with Crippen molar-refractivity contribution in [3.8, 4) is 0 Å². The SMILES string of the molecule is CC1=C(C)C23CC=CCC12CC=CC3. The molecule has 14 heavy (non-hydrogen) atoms. The topological polar surface area (TPSA) is 0 Å². The molecule has 0 nitrogen and oxygen atoms in total. The molecule has 0 aromatic carbocycles. The zero-order chi connectivity index (χ0) is 9.81. The molecule has 3 aliphatic rings. The first-order chi connectivity index (χ1) is 6.73. The Balaban J connectivity index is 2.17. The van der Waals surface area contributed by atoms with Gasteiger partial charge >= 0.3 is 0 Å². The predicted octanol–water partition coefficient (Wildman–Crippen LogP) is 4.01. The quantitative estimate of drug-likeness (QED) is 0.501. The van der Waals surface area contributed by atoms with E-state index < -0.39 is 0 Å². The van der Waals surface area contributed by atoms with E-state index in [0.29, 0.717) is 10.8 Å². The normalized spacial score (nSPS) is 44.4. The van der Waals surface area contributed by atoms with Crippen LogP contribution >= 0.6 is 0 Å². The molecule has 0 heteroatoms. The highest BCUT2D eigenvalue weighted by atomic mass is 14.6. The Morgan fingerprint density at radius 2 is 1.00 bits per heavy atom. The first-order valence-electron chi connectivity index (χ1n) is 5.71. The monoisotopic (exact) mass is 186 g/mol. The van der Waals surface area contributed by atoms with Gasteiger partial charge in [0.15, 0.2) is 0 Å². The molecule has 0 bridgehead atoms. The summed E-state index contributed by atoms with van der Waals surface area (Å²) in [5, 5.41) is 0. The van der Waals surface area contributed by atoms with Crippen LogP contribution in [0.2, 0.25) is 0 Å². The summed E-state index contributed by atoms with van der Waals surface area (Å²) in [7, 11) is 0. The average Bonchev–Trinajstić information content (AvgIpc) is 2.26. The Hall–Kier alpha value is -0.780. The Morgan fingerprint density at radius 1 is 0.714 bits per heavy atom. The first kappa shape index (κ1) is 8.52. The van der Waals surface area contributed by atoms with E-state index in [0.717, 1.165) is 0 Å². The fourth-order valence-corrected chi connectivity index (χ4v) is 4.07. The van der Waals surface area contributed by atoms with Crippen molar-refractivity contribution in [2.75, 3.05) is 0 Å². The highest BCUT2D eigenvalue weighted by Crippen LogP contribution is 2.70. The largest absolute Gasteiger partial charge is 0.0876 e. The molecule has 74 valence electrons. The Kier molecular flexibility index (Phi) is 1.47. The summed E-state index contributed by atoms with van der Waals surface area (Å²) in [5.41, 5.74) is 4.43. The van der Waals surface area contributed by atoms with Crippen molar-refractivity contribution in [3.63, 3.8) is 0 Å². The first-order valence-corrected chi connectivity index (χ1v) is 5.71. The number of hydrogen-bond donors (Lipinski definition) is 0. The second-order valence-electron chi connectivity index (χ2n) is 5.17. The van der Waals surface area contributed by atoms with E-state index in [1.54, 1.807) is 11.1 Å². The summed E-state index contributed by atoms with van der Waals surface area (Å²) in [4.78, 5) is 0. The van der Waals surface area contributed by atoms with Crippen molar-refractivity contribution >= 4 is 0 Å². The third kappa shape index (κ3) is 0.657. The maximum Gasteiger partial charge on any atom is 0.00802 e. The van der Waals surface area contributed by atoms with Crippen LogP contribution in [-0.4, -0.2) is 0 Å². The van der Waals surface area contributed by atoms with E-state index in [1.165, 1.54) is 25.7 Å². The summed E-state index contributed by atoms with van der Waals surface area (Å²) in [6, 6.07) is 0. The predicted molar refractivity (Wildman–Crippen MR) is 60.0 cm³/mol. The maximum absolute atomic E-state index is 2.40. The van der Waals surface area contributed by atoms with Crippen molar-refractivity contribution < 1.29 is 0 Å². The van der Waals surface area contributed by atoms with Gasteiger partial charge in [0.1, 0.15) is 0 Å². The zero-order valence-electron chi connectivity index (χ0n) is 9.14. The highest BCUT2D eigenvalue weighted by molar-refractivity contribution is 5.47. The van der Waals surface area contributed by atoms with E-state index in [1.807, 2.05) is 0 Å². The van der Waals surface area contributed by atoms with Crippen LogP contribution in [0, 0.1) is 10.8 Å². The summed E-state index contributed by atoms with van der Waals surface area (Å²) in [5.74, 6) is 0. The standard InChI is InChI=1S/C14H18/c1-11-12(2)14-9-5-3-7-13(11,14)8-4-6-10-14/h3-6H,7-10H2,1-2H3. The number of hydrogen-bond acceptors (Lipinski definition) is 0. The molecule has 0 atom stereocenters. The number of allylic oxidation sites excluding steroid dienone is 6. The molecular formula is C14H18. The van der Waals surface area contributed by atoms with Gasteiger partial charge in [-0.25, -0.2) is 0 Å². The van der Waals surface area contributed by atoms with Gasteiger partial charge in [0.05, 0.1) is 0 Å². The zero-order valence-corrected chi connectivity index (χ0v) is 9.14. The highest BCUT2D eigenvalue weighted by Gasteiger charge is 2.60. The van der Waals surface area contributed by atoms with E-state index in [-0.39, 0.29) is 0 Å². The van der Waals surface area contributed by atoms with Crippen LogP contribution < -0.4 is 0 Å². The molecule has 0 aliphatic heterocycles. The molecule has 0 radical (unpaired) electrons. The third-order valence-corrected chi connectivity index (χ3v) is 5.11. The Morgan fingerprint density at radius 3 is 1.29 bits per heavy atom. The second-order valence-corrected chi connectivity index (χ2v) is 5.17. The van der Waals surface area contributed by atoms with E-state index >= 15 is 0 Å². The molecule has 0 saturated carbocycles. The fraction of sp³-hybridized carbons (Fsp3) is 0.571. The summed E-state index contributed by atoms with van der Waals surface area (Å²) in [6.45, 7) is 4.71. The molecule has 0 aromatic rings. The van der Waals surface area contributed by atoms with Crippen LogP contribution in [0.3, 0.4) is 0 Å². The lowest BCUT2D eigenvalue weighted by Gasteiger charge is -2.63. The van der Waals surface area contributed by atoms with Gasteiger partial charge in [-0.05, 0) is 39.5 Å². The average molecular weight is 186 g/mol. The van der Waals surface area contributed by atoms with Gasteiger partial charge in [-0.2, -0.15) is 0 Å². The lowest BCUT2D eigenvalue weighted by Crippen LogP contribution is -2.54. The lowest BCUT2D eigenvalue weighted by atomic mass is 9.40. The summed E-state index contributed by atoms with van der Waals surface area (Å²) in [6.07, 6.45) is 14.7. The summed E-state index contributed by atoms with van der Waals surface area (Å²) >= 11 is 0. The van der Waals surface area contributed by atoms with Crippen molar-refractivity contribution in [2.24, 2.45) is 10.8 Å². The van der Waals surface area contributed by atoms with Crippen LogP contribution in [0.15, 0.2) is 35.5 Å². The summed E-state index contributed by atoms with van der Waals surface area (Å²) < 4.78 is 0. The van der Waals surface area contributed by atoms with E-state index in [2.05, 4.69) is 38.2 Å². The van der Waals surface area contributed by atoms with Crippen molar-refractivity contribution in [1.82, 2.24) is 0 Å². The van der Waals surface area contributed by atoms with E-state index in [9.17, 15) is 0 Å². The fourth-order valence-electron chi connectivity index (χ4n) is 4.07. The van der Waals surface area contributed by atoms with Gasteiger partial charge in [-0.1, -0.05) is 35.5 Å². The van der Waals surface area contributed by atoms with Crippen molar-refractivity contribution in [2.45, 2.75) is 39.5 Å². The van der Waals surface area contributed by atoms with Gasteiger partial charge in [-0.15, -0.1) is 0 Å². The molecular weight excluding hydrogens is 168 g/mol. The second kappa shape index (κ2) is 2.42. The molecule has 0 N–H and O–H groups in total. The van der Waals surface area contributed by atoms with Crippen LogP contribution in [0.5, 0.6) is 0 Å².